The molecule has 3 aromatic rings. The molecular weight excluding hydrogens is 333 g/mol. The fourth-order valence-electron chi connectivity index (χ4n) is 4.49. The van der Waals surface area contributed by atoms with Gasteiger partial charge in [0.05, 0.1) is 0 Å². The molecule has 0 radical (unpaired) electrons. The summed E-state index contributed by atoms with van der Waals surface area (Å²) < 4.78 is 13.1. The largest absolute Gasteiger partial charge is 0.303 e. The molecule has 0 bridgehead atoms. The Balaban J connectivity index is 1.34. The highest BCUT2D eigenvalue weighted by molar-refractivity contribution is 5.86. The molecule has 1 heterocycles. The number of benzene rings is 3. The number of likely N-dealkylation sites (tertiary alicyclic amines) is 1. The third-order valence-electron chi connectivity index (χ3n) is 6.03. The van der Waals surface area contributed by atoms with E-state index in [1.807, 2.05) is 12.1 Å². The molecule has 140 valence electrons. The minimum Gasteiger partial charge on any atom is -0.303 e. The molecule has 1 fully saturated rings. The van der Waals surface area contributed by atoms with E-state index in [2.05, 4.69) is 54.3 Å². The molecule has 4 rings (SSSR count). The van der Waals surface area contributed by atoms with Crippen molar-refractivity contribution in [1.29, 1.82) is 0 Å². The molecule has 1 nitrogen and oxygen atoms in total. The fourth-order valence-corrected chi connectivity index (χ4v) is 4.49. The first-order valence-corrected chi connectivity index (χ1v) is 10.1. The molecule has 0 N–H and O–H groups in total. The van der Waals surface area contributed by atoms with Crippen LogP contribution in [0.3, 0.4) is 0 Å². The van der Waals surface area contributed by atoms with Gasteiger partial charge in [0.15, 0.2) is 0 Å². The van der Waals surface area contributed by atoms with Crippen molar-refractivity contribution in [2.45, 2.75) is 32.1 Å². The van der Waals surface area contributed by atoms with Crippen LogP contribution >= 0.6 is 0 Å². The maximum Gasteiger partial charge on any atom is 0.123 e. The Morgan fingerprint density at radius 3 is 2.41 bits per heavy atom. The SMILES string of the molecule is CC(CN1CCC(Cc2ccc(F)cc2)CC1)c1cccc2ccccc12. The Bertz CT molecular complexity index is 873. The van der Waals surface area contributed by atoms with Crippen molar-refractivity contribution in [3.05, 3.63) is 83.7 Å². The van der Waals surface area contributed by atoms with Crippen LogP contribution in [0.15, 0.2) is 66.7 Å². The monoisotopic (exact) mass is 361 g/mol. The molecule has 0 amide bonds. The smallest absolute Gasteiger partial charge is 0.123 e. The number of piperidine rings is 1. The Morgan fingerprint density at radius 2 is 1.63 bits per heavy atom. The molecule has 1 aliphatic heterocycles. The van der Waals surface area contributed by atoms with E-state index >= 15 is 0 Å². The normalized spacial score (nSPS) is 17.3. The van der Waals surface area contributed by atoms with Crippen molar-refractivity contribution in [1.82, 2.24) is 4.90 Å². The maximum absolute atomic E-state index is 13.1. The number of halogens is 1. The lowest BCUT2D eigenvalue weighted by Gasteiger charge is -2.34. The van der Waals surface area contributed by atoms with E-state index < -0.39 is 0 Å². The molecule has 0 saturated carbocycles. The Hall–Kier alpha value is -2.19. The predicted octanol–water partition coefficient (Wildman–Crippen LogP) is 6.04. The number of fused-ring (bicyclic) bond motifs is 1. The molecule has 2 heteroatoms. The summed E-state index contributed by atoms with van der Waals surface area (Å²) in [6, 6.07) is 22.4. The van der Waals surface area contributed by atoms with Crippen LogP contribution in [0.1, 0.15) is 36.8 Å². The molecule has 1 unspecified atom stereocenters. The third kappa shape index (κ3) is 4.39. The van der Waals surface area contributed by atoms with Gasteiger partial charge >= 0.3 is 0 Å². The lowest BCUT2D eigenvalue weighted by Crippen LogP contribution is -2.36. The highest BCUT2D eigenvalue weighted by Gasteiger charge is 2.21. The highest BCUT2D eigenvalue weighted by Crippen LogP contribution is 2.28. The zero-order valence-corrected chi connectivity index (χ0v) is 16.1. The van der Waals surface area contributed by atoms with E-state index in [9.17, 15) is 4.39 Å². The van der Waals surface area contributed by atoms with Gasteiger partial charge in [-0.2, -0.15) is 0 Å². The Labute approximate surface area is 161 Å². The van der Waals surface area contributed by atoms with Crippen LogP contribution in [0.5, 0.6) is 0 Å². The van der Waals surface area contributed by atoms with Crippen molar-refractivity contribution < 1.29 is 4.39 Å². The lowest BCUT2D eigenvalue weighted by molar-refractivity contribution is 0.177. The van der Waals surface area contributed by atoms with Gasteiger partial charge in [-0.1, -0.05) is 61.5 Å². The molecule has 0 aromatic heterocycles. The summed E-state index contributed by atoms with van der Waals surface area (Å²) in [4.78, 5) is 2.62. The first-order valence-electron chi connectivity index (χ1n) is 10.1. The topological polar surface area (TPSA) is 3.24 Å². The van der Waals surface area contributed by atoms with E-state index in [-0.39, 0.29) is 5.82 Å². The van der Waals surface area contributed by atoms with Gasteiger partial charge in [-0.15, -0.1) is 0 Å². The van der Waals surface area contributed by atoms with Crippen LogP contribution in [0.4, 0.5) is 4.39 Å². The number of rotatable bonds is 5. The average molecular weight is 362 g/mol. The van der Waals surface area contributed by atoms with Crippen molar-refractivity contribution in [3.63, 3.8) is 0 Å². The molecule has 1 aliphatic rings. The zero-order chi connectivity index (χ0) is 18.6. The Morgan fingerprint density at radius 1 is 0.926 bits per heavy atom. The zero-order valence-electron chi connectivity index (χ0n) is 16.1. The summed E-state index contributed by atoms with van der Waals surface area (Å²) in [5, 5.41) is 2.72. The van der Waals surface area contributed by atoms with Crippen LogP contribution < -0.4 is 0 Å². The quantitative estimate of drug-likeness (QED) is 0.536. The Kier molecular flexibility index (Phi) is 5.54. The minimum absolute atomic E-state index is 0.143. The summed E-state index contributed by atoms with van der Waals surface area (Å²) in [5.74, 6) is 1.11. The first-order chi connectivity index (χ1) is 13.2. The molecule has 1 saturated heterocycles. The summed E-state index contributed by atoms with van der Waals surface area (Å²) in [5.41, 5.74) is 2.72. The van der Waals surface area contributed by atoms with Crippen LogP contribution in [-0.2, 0) is 6.42 Å². The lowest BCUT2D eigenvalue weighted by atomic mass is 9.89. The van der Waals surface area contributed by atoms with Gasteiger partial charge in [0.1, 0.15) is 5.82 Å². The van der Waals surface area contributed by atoms with Crippen molar-refractivity contribution in [2.75, 3.05) is 19.6 Å². The summed E-state index contributed by atoms with van der Waals surface area (Å²) in [7, 11) is 0. The summed E-state index contributed by atoms with van der Waals surface area (Å²) in [6.07, 6.45) is 3.55. The second-order valence-electron chi connectivity index (χ2n) is 8.04. The standard InChI is InChI=1S/C25H28FN/c1-19(24-8-4-6-22-5-2-3-7-25(22)24)18-27-15-13-21(14-16-27)17-20-9-11-23(26)12-10-20/h2-12,19,21H,13-18H2,1H3. The van der Waals surface area contributed by atoms with Gasteiger partial charge in [-0.05, 0) is 78.2 Å². The van der Waals surface area contributed by atoms with Gasteiger partial charge < -0.3 is 4.90 Å². The molecule has 0 aliphatic carbocycles. The number of hydrogen-bond acceptors (Lipinski definition) is 1. The predicted molar refractivity (Wildman–Crippen MR) is 112 cm³/mol. The van der Waals surface area contributed by atoms with E-state index in [0.717, 1.165) is 18.9 Å². The van der Waals surface area contributed by atoms with Crippen molar-refractivity contribution in [2.24, 2.45) is 5.92 Å². The fraction of sp³-hybridized carbons (Fsp3) is 0.360. The second kappa shape index (κ2) is 8.22. The second-order valence-corrected chi connectivity index (χ2v) is 8.04. The minimum atomic E-state index is -0.143. The summed E-state index contributed by atoms with van der Waals surface area (Å²) >= 11 is 0. The van der Waals surface area contributed by atoms with Gasteiger partial charge in [-0.3, -0.25) is 0 Å². The molecule has 3 aromatic carbocycles. The molecular formula is C25H28FN. The maximum atomic E-state index is 13.1. The van der Waals surface area contributed by atoms with Crippen LogP contribution in [-0.4, -0.2) is 24.5 Å². The number of hydrogen-bond donors (Lipinski definition) is 0. The average Bonchev–Trinajstić information content (AvgIpc) is 2.71. The highest BCUT2D eigenvalue weighted by atomic mass is 19.1. The van der Waals surface area contributed by atoms with Gasteiger partial charge in [0.2, 0.25) is 0 Å². The van der Waals surface area contributed by atoms with E-state index in [1.54, 1.807) is 12.1 Å². The van der Waals surface area contributed by atoms with E-state index in [1.165, 1.54) is 47.8 Å². The molecule has 1 atom stereocenters. The van der Waals surface area contributed by atoms with Crippen LogP contribution in [0.25, 0.3) is 10.8 Å². The summed E-state index contributed by atoms with van der Waals surface area (Å²) in [6.45, 7) is 5.81. The van der Waals surface area contributed by atoms with Crippen LogP contribution in [0, 0.1) is 11.7 Å². The van der Waals surface area contributed by atoms with Gasteiger partial charge in [0, 0.05) is 6.54 Å². The van der Waals surface area contributed by atoms with E-state index in [4.69, 9.17) is 0 Å². The first kappa shape index (κ1) is 18.2. The van der Waals surface area contributed by atoms with Gasteiger partial charge in [-0.25, -0.2) is 4.39 Å². The van der Waals surface area contributed by atoms with E-state index in [0.29, 0.717) is 5.92 Å². The molecule has 0 spiro atoms. The van der Waals surface area contributed by atoms with Crippen LogP contribution in [0.2, 0.25) is 0 Å². The third-order valence-corrected chi connectivity index (χ3v) is 6.03. The van der Waals surface area contributed by atoms with Crippen molar-refractivity contribution in [3.8, 4) is 0 Å². The van der Waals surface area contributed by atoms with Crippen molar-refractivity contribution >= 4 is 10.8 Å². The van der Waals surface area contributed by atoms with Gasteiger partial charge in [0.25, 0.3) is 0 Å². The number of nitrogens with zero attached hydrogens (tertiary/aromatic N) is 1. The molecule has 27 heavy (non-hydrogen) atoms.